The number of fused-ring (bicyclic) bond motifs is 1. The largest absolute Gasteiger partial charge is 0.456 e. The van der Waals surface area contributed by atoms with Gasteiger partial charge in [0.15, 0.2) is 23.0 Å². The van der Waals surface area contributed by atoms with E-state index >= 15 is 0 Å². The van der Waals surface area contributed by atoms with Crippen LogP contribution in [0.5, 0.6) is 11.5 Å². The van der Waals surface area contributed by atoms with Gasteiger partial charge >= 0.3 is 5.97 Å². The molecule has 1 aliphatic rings. The first-order chi connectivity index (χ1) is 13.9. The quantitative estimate of drug-likeness (QED) is 0.510. The number of anilines is 1. The highest BCUT2D eigenvalue weighted by Crippen LogP contribution is 2.46. The van der Waals surface area contributed by atoms with E-state index in [1.54, 1.807) is 12.2 Å². The Labute approximate surface area is 176 Å². The molecular formula is C20H17Cl2FN2O4. The number of aromatic nitrogens is 1. The van der Waals surface area contributed by atoms with Crippen LogP contribution in [0.2, 0.25) is 10.0 Å². The van der Waals surface area contributed by atoms with Gasteiger partial charge in [0.2, 0.25) is 6.79 Å². The number of allylic oxidation sites excluding steroid dienone is 2. The Bertz CT molecular complexity index is 1040. The van der Waals surface area contributed by atoms with Gasteiger partial charge in [-0.05, 0) is 31.6 Å². The summed E-state index contributed by atoms with van der Waals surface area (Å²) in [6, 6.07) is 3.00. The van der Waals surface area contributed by atoms with E-state index in [-0.39, 0.29) is 46.9 Å². The minimum Gasteiger partial charge on any atom is -0.456 e. The summed E-state index contributed by atoms with van der Waals surface area (Å²) in [6.45, 7) is 3.57. The molecular weight excluding hydrogens is 422 g/mol. The van der Waals surface area contributed by atoms with E-state index < -0.39 is 17.5 Å². The van der Waals surface area contributed by atoms with Gasteiger partial charge in [0, 0.05) is 5.56 Å². The maximum atomic E-state index is 14.9. The summed E-state index contributed by atoms with van der Waals surface area (Å²) in [4.78, 5) is 16.6. The van der Waals surface area contributed by atoms with Gasteiger partial charge in [0.1, 0.15) is 12.3 Å². The lowest BCUT2D eigenvalue weighted by molar-refractivity contribution is 0.0536. The smallest absolute Gasteiger partial charge is 0.358 e. The number of halogens is 3. The first kappa shape index (κ1) is 21.0. The summed E-state index contributed by atoms with van der Waals surface area (Å²) in [7, 11) is 0. The molecule has 0 unspecified atom stereocenters. The van der Waals surface area contributed by atoms with Crippen LogP contribution >= 0.6 is 23.2 Å². The molecule has 0 aliphatic carbocycles. The molecule has 0 saturated heterocycles. The van der Waals surface area contributed by atoms with E-state index in [1.165, 1.54) is 12.1 Å². The predicted molar refractivity (Wildman–Crippen MR) is 109 cm³/mol. The highest BCUT2D eigenvalue weighted by molar-refractivity contribution is 6.36. The number of esters is 1. The number of hydrogen-bond donors (Lipinski definition) is 1. The van der Waals surface area contributed by atoms with Gasteiger partial charge in [0.25, 0.3) is 0 Å². The second kappa shape index (κ2) is 8.71. The van der Waals surface area contributed by atoms with Crippen molar-refractivity contribution in [3.05, 3.63) is 57.5 Å². The molecule has 0 atom stereocenters. The van der Waals surface area contributed by atoms with Crippen molar-refractivity contribution < 1.29 is 23.4 Å². The molecule has 0 amide bonds. The second-order valence-corrected chi connectivity index (χ2v) is 6.74. The molecule has 29 heavy (non-hydrogen) atoms. The highest BCUT2D eigenvalue weighted by Gasteiger charge is 2.28. The average molecular weight is 439 g/mol. The Morgan fingerprint density at radius 2 is 2.03 bits per heavy atom. The average Bonchev–Trinajstić information content (AvgIpc) is 3.21. The van der Waals surface area contributed by atoms with Crippen molar-refractivity contribution in [3.8, 4) is 22.8 Å². The molecule has 1 aromatic heterocycles. The molecule has 152 valence electrons. The Hall–Kier alpha value is -2.77. The number of rotatable bonds is 5. The molecule has 0 fully saturated rings. The maximum Gasteiger partial charge on any atom is 0.358 e. The first-order valence-corrected chi connectivity index (χ1v) is 9.32. The number of pyridine rings is 1. The van der Waals surface area contributed by atoms with E-state index in [4.69, 9.17) is 43.1 Å². The van der Waals surface area contributed by atoms with Gasteiger partial charge in [0.05, 0.1) is 15.7 Å². The van der Waals surface area contributed by atoms with Crippen LogP contribution < -0.4 is 15.2 Å². The molecule has 9 heteroatoms. The third-order valence-corrected chi connectivity index (χ3v) is 4.83. The third kappa shape index (κ3) is 4.02. The first-order valence-electron chi connectivity index (χ1n) is 8.56. The van der Waals surface area contributed by atoms with Crippen molar-refractivity contribution in [1.82, 2.24) is 4.98 Å². The maximum absolute atomic E-state index is 14.9. The fourth-order valence-corrected chi connectivity index (χ4v) is 3.09. The zero-order chi connectivity index (χ0) is 21.1. The summed E-state index contributed by atoms with van der Waals surface area (Å²) in [6.07, 6.45) is 5.40. The SMILES string of the molecule is C/C=C\C(=C/C)COC(=O)c1nc(-c2ccc(Cl)c3c2OCO3)c(F)c(N)c1Cl. The third-order valence-electron chi connectivity index (χ3n) is 4.15. The minimum absolute atomic E-state index is 0.00239. The number of nitrogens with zero attached hydrogens (tertiary/aromatic N) is 1. The number of ether oxygens (including phenoxy) is 3. The Balaban J connectivity index is 2.03. The van der Waals surface area contributed by atoms with Crippen LogP contribution in [0.15, 0.2) is 35.9 Å². The Kier molecular flexibility index (Phi) is 6.30. The molecule has 1 aromatic carbocycles. The number of carbonyl (C=O) groups excluding carboxylic acids is 1. The van der Waals surface area contributed by atoms with Gasteiger partial charge in [-0.2, -0.15) is 0 Å². The second-order valence-electron chi connectivity index (χ2n) is 5.95. The molecule has 6 nitrogen and oxygen atoms in total. The van der Waals surface area contributed by atoms with Crippen LogP contribution in [0.1, 0.15) is 24.3 Å². The Morgan fingerprint density at radius 1 is 1.31 bits per heavy atom. The van der Waals surface area contributed by atoms with Crippen LogP contribution in [0, 0.1) is 5.82 Å². The lowest BCUT2D eigenvalue weighted by atomic mass is 10.1. The van der Waals surface area contributed by atoms with Crippen molar-refractivity contribution in [2.24, 2.45) is 0 Å². The fourth-order valence-electron chi connectivity index (χ4n) is 2.68. The summed E-state index contributed by atoms with van der Waals surface area (Å²) < 4.78 is 30.8. The molecule has 2 N–H and O–H groups in total. The predicted octanol–water partition coefficient (Wildman–Crippen LogP) is 5.18. The molecule has 2 aromatic rings. The highest BCUT2D eigenvalue weighted by atomic mass is 35.5. The van der Waals surface area contributed by atoms with Crippen LogP contribution in [-0.2, 0) is 4.74 Å². The zero-order valence-corrected chi connectivity index (χ0v) is 17.1. The van der Waals surface area contributed by atoms with Crippen LogP contribution in [0.25, 0.3) is 11.3 Å². The lowest BCUT2D eigenvalue weighted by Gasteiger charge is -2.13. The molecule has 3 rings (SSSR count). The topological polar surface area (TPSA) is 83.7 Å². The van der Waals surface area contributed by atoms with Gasteiger partial charge < -0.3 is 19.9 Å². The summed E-state index contributed by atoms with van der Waals surface area (Å²) in [5, 5.41) is -0.0295. The fraction of sp³-hybridized carbons (Fsp3) is 0.200. The van der Waals surface area contributed by atoms with E-state index in [9.17, 15) is 9.18 Å². The number of benzene rings is 1. The van der Waals surface area contributed by atoms with Gasteiger partial charge in [-0.3, -0.25) is 0 Å². The van der Waals surface area contributed by atoms with Crippen LogP contribution in [-0.4, -0.2) is 24.4 Å². The minimum atomic E-state index is -0.894. The summed E-state index contributed by atoms with van der Waals surface area (Å²) in [5.41, 5.74) is 5.83. The zero-order valence-electron chi connectivity index (χ0n) is 15.6. The van der Waals surface area contributed by atoms with Crippen molar-refractivity contribution >= 4 is 34.9 Å². The number of hydrogen-bond acceptors (Lipinski definition) is 6. The van der Waals surface area contributed by atoms with Gasteiger partial charge in [-0.1, -0.05) is 41.4 Å². The van der Waals surface area contributed by atoms with Crippen molar-refractivity contribution in [1.29, 1.82) is 0 Å². The lowest BCUT2D eigenvalue weighted by Crippen LogP contribution is -2.13. The molecule has 0 radical (unpaired) electrons. The van der Waals surface area contributed by atoms with Crippen molar-refractivity contribution in [3.63, 3.8) is 0 Å². The van der Waals surface area contributed by atoms with E-state index in [1.807, 2.05) is 19.9 Å². The van der Waals surface area contributed by atoms with E-state index in [0.717, 1.165) is 5.57 Å². The molecule has 1 aliphatic heterocycles. The normalized spacial score (nSPS) is 13.2. The molecule has 2 heterocycles. The number of nitrogen functional groups attached to an aromatic ring is 1. The standard InChI is InChI=1S/C20H17Cl2FN2O4/c1-3-5-10(4-2)8-27-20(26)17-13(22)15(24)14(23)16(25-17)11-6-7-12(21)19-18(11)28-9-29-19/h3-7H,8-9H2,1-2H3,(H2,24,25)/b5-3-,10-4+. The van der Waals surface area contributed by atoms with Gasteiger partial charge in [-0.25, -0.2) is 14.2 Å². The monoisotopic (exact) mass is 438 g/mol. The molecule has 0 bridgehead atoms. The summed E-state index contributed by atoms with van der Waals surface area (Å²) >= 11 is 12.1. The number of carbonyl (C=O) groups is 1. The Morgan fingerprint density at radius 3 is 2.72 bits per heavy atom. The van der Waals surface area contributed by atoms with Gasteiger partial charge in [-0.15, -0.1) is 0 Å². The molecule has 0 spiro atoms. The van der Waals surface area contributed by atoms with Crippen molar-refractivity contribution in [2.75, 3.05) is 19.1 Å². The van der Waals surface area contributed by atoms with Crippen LogP contribution in [0.3, 0.4) is 0 Å². The van der Waals surface area contributed by atoms with Crippen molar-refractivity contribution in [2.45, 2.75) is 13.8 Å². The summed E-state index contributed by atoms with van der Waals surface area (Å²) in [5.74, 6) is -1.27. The van der Waals surface area contributed by atoms with E-state index in [0.29, 0.717) is 5.02 Å². The number of nitrogens with two attached hydrogens (primary N) is 1. The van der Waals surface area contributed by atoms with E-state index in [2.05, 4.69) is 4.98 Å². The van der Waals surface area contributed by atoms with Crippen LogP contribution in [0.4, 0.5) is 10.1 Å². The molecule has 0 saturated carbocycles.